The molecule has 0 aliphatic rings. The Labute approximate surface area is 128 Å². The van der Waals surface area contributed by atoms with E-state index < -0.39 is 17.4 Å². The molecule has 0 amide bonds. The van der Waals surface area contributed by atoms with Crippen LogP contribution in [0.5, 0.6) is 0 Å². The summed E-state index contributed by atoms with van der Waals surface area (Å²) in [5.74, 6) is -1.91. The predicted octanol–water partition coefficient (Wildman–Crippen LogP) is 4.15. The largest absolute Gasteiger partial charge is 0.478 e. The number of aromatic carboxylic acids is 1. The lowest BCUT2D eigenvalue weighted by molar-refractivity contribution is 0.0674. The molecule has 106 valence electrons. The highest BCUT2D eigenvalue weighted by Gasteiger charge is 2.34. The first-order valence-electron chi connectivity index (χ1n) is 5.43. The van der Waals surface area contributed by atoms with Crippen LogP contribution in [-0.2, 0) is 5.60 Å². The molecule has 0 spiro atoms. The van der Waals surface area contributed by atoms with Crippen LogP contribution >= 0.6 is 34.5 Å². The summed E-state index contributed by atoms with van der Waals surface area (Å²) in [5.41, 5.74) is -1.72. The minimum atomic E-state index is -1.73. The lowest BCUT2D eigenvalue weighted by Gasteiger charge is -2.25. The number of carboxylic acids is 1. The molecule has 0 aliphatic carbocycles. The molecule has 0 saturated heterocycles. The van der Waals surface area contributed by atoms with Gasteiger partial charge >= 0.3 is 5.97 Å². The van der Waals surface area contributed by atoms with Gasteiger partial charge in [-0.3, -0.25) is 0 Å². The van der Waals surface area contributed by atoms with Crippen LogP contribution in [0.15, 0.2) is 23.6 Å². The number of halogens is 3. The van der Waals surface area contributed by atoms with Gasteiger partial charge in [-0.2, -0.15) is 0 Å². The van der Waals surface area contributed by atoms with Crippen molar-refractivity contribution in [3.8, 4) is 0 Å². The van der Waals surface area contributed by atoms with Crippen molar-refractivity contribution in [1.29, 1.82) is 0 Å². The molecule has 1 atom stereocenters. The molecule has 0 saturated carbocycles. The van der Waals surface area contributed by atoms with Crippen LogP contribution < -0.4 is 0 Å². The minimum Gasteiger partial charge on any atom is -0.478 e. The molecule has 0 aliphatic heterocycles. The highest BCUT2D eigenvalue weighted by atomic mass is 35.5. The van der Waals surface area contributed by atoms with Gasteiger partial charge in [0.05, 0.1) is 15.5 Å². The fourth-order valence-corrected chi connectivity index (χ4v) is 3.40. The molecular formula is C13H9Cl2FO3S. The number of rotatable bonds is 3. The van der Waals surface area contributed by atoms with Crippen molar-refractivity contribution in [2.75, 3.05) is 0 Å². The summed E-state index contributed by atoms with van der Waals surface area (Å²) in [6.45, 7) is 1.36. The van der Waals surface area contributed by atoms with Crippen LogP contribution in [0.2, 0.25) is 10.0 Å². The Morgan fingerprint density at radius 3 is 2.60 bits per heavy atom. The number of carbonyl (C=O) groups is 1. The van der Waals surface area contributed by atoms with Crippen molar-refractivity contribution < 1.29 is 19.4 Å². The van der Waals surface area contributed by atoms with Gasteiger partial charge in [0.25, 0.3) is 0 Å². The number of thiophene rings is 1. The Bertz CT molecular complexity index is 682. The van der Waals surface area contributed by atoms with Gasteiger partial charge in [0.15, 0.2) is 0 Å². The van der Waals surface area contributed by atoms with E-state index in [0.717, 1.165) is 17.4 Å². The zero-order valence-corrected chi connectivity index (χ0v) is 12.5. The lowest BCUT2D eigenvalue weighted by Crippen LogP contribution is -2.24. The molecule has 1 aromatic carbocycles. The van der Waals surface area contributed by atoms with Crippen molar-refractivity contribution in [1.82, 2.24) is 0 Å². The first-order valence-corrected chi connectivity index (χ1v) is 7.07. The lowest BCUT2D eigenvalue weighted by atomic mass is 9.92. The third kappa shape index (κ3) is 2.54. The van der Waals surface area contributed by atoms with Crippen molar-refractivity contribution in [2.45, 2.75) is 12.5 Å². The van der Waals surface area contributed by atoms with E-state index in [-0.39, 0.29) is 26.0 Å². The second kappa shape index (κ2) is 5.33. The Balaban J connectivity index is 2.63. The van der Waals surface area contributed by atoms with Gasteiger partial charge in [-0.1, -0.05) is 23.2 Å². The van der Waals surface area contributed by atoms with Crippen molar-refractivity contribution >= 4 is 40.5 Å². The van der Waals surface area contributed by atoms with Crippen LogP contribution in [0.25, 0.3) is 0 Å². The van der Waals surface area contributed by atoms with Gasteiger partial charge in [0.2, 0.25) is 0 Å². The highest BCUT2D eigenvalue weighted by Crippen LogP contribution is 2.40. The smallest absolute Gasteiger partial charge is 0.336 e. The first-order chi connectivity index (χ1) is 9.25. The molecule has 2 N–H and O–H groups in total. The van der Waals surface area contributed by atoms with Crippen molar-refractivity contribution in [2.24, 2.45) is 0 Å². The summed E-state index contributed by atoms with van der Waals surface area (Å²) in [4.78, 5) is 11.3. The second-order valence-electron chi connectivity index (χ2n) is 4.29. The van der Waals surface area contributed by atoms with E-state index in [0.29, 0.717) is 0 Å². The highest BCUT2D eigenvalue weighted by molar-refractivity contribution is 7.10. The van der Waals surface area contributed by atoms with Gasteiger partial charge < -0.3 is 10.2 Å². The Morgan fingerprint density at radius 1 is 1.35 bits per heavy atom. The molecule has 0 radical (unpaired) electrons. The fraction of sp³-hybridized carbons (Fsp3) is 0.154. The summed E-state index contributed by atoms with van der Waals surface area (Å²) in [6, 6.07) is 3.56. The third-order valence-electron chi connectivity index (χ3n) is 2.87. The molecule has 1 aromatic heterocycles. The van der Waals surface area contributed by atoms with Crippen molar-refractivity contribution in [3.05, 3.63) is 55.4 Å². The molecule has 2 rings (SSSR count). The molecule has 1 unspecified atom stereocenters. The third-order valence-corrected chi connectivity index (χ3v) is 4.60. The Kier molecular flexibility index (Phi) is 4.07. The van der Waals surface area contributed by atoms with Crippen molar-refractivity contribution in [3.63, 3.8) is 0 Å². The summed E-state index contributed by atoms with van der Waals surface area (Å²) >= 11 is 12.6. The van der Waals surface area contributed by atoms with E-state index in [1.807, 2.05) is 0 Å². The zero-order chi connectivity index (χ0) is 15.1. The van der Waals surface area contributed by atoms with E-state index in [2.05, 4.69) is 0 Å². The summed E-state index contributed by atoms with van der Waals surface area (Å²) < 4.78 is 13.6. The van der Waals surface area contributed by atoms with Gasteiger partial charge in [-0.25, -0.2) is 9.18 Å². The van der Waals surface area contributed by atoms with Crippen LogP contribution in [-0.4, -0.2) is 16.2 Å². The van der Waals surface area contributed by atoms with Crippen LogP contribution in [0.3, 0.4) is 0 Å². The van der Waals surface area contributed by atoms with E-state index in [1.165, 1.54) is 24.4 Å². The molecule has 0 bridgehead atoms. The predicted molar refractivity (Wildman–Crippen MR) is 76.4 cm³/mol. The molecule has 7 heteroatoms. The quantitative estimate of drug-likeness (QED) is 0.829. The monoisotopic (exact) mass is 334 g/mol. The standard InChI is InChI=1S/C13H9Cl2FO3S/c1-13(19,11-6(12(17)18)2-3-20-11)7-4-10(16)9(15)5-8(7)14/h2-5,19H,1H3,(H,17,18). The number of hydrogen-bond acceptors (Lipinski definition) is 3. The van der Waals surface area contributed by atoms with E-state index in [4.69, 9.17) is 28.3 Å². The summed E-state index contributed by atoms with van der Waals surface area (Å²) in [7, 11) is 0. The van der Waals surface area contributed by atoms with Gasteiger partial charge in [-0.05, 0) is 30.5 Å². The van der Waals surface area contributed by atoms with Crippen LogP contribution in [0.1, 0.15) is 27.7 Å². The maximum Gasteiger partial charge on any atom is 0.336 e. The molecule has 20 heavy (non-hydrogen) atoms. The molecular weight excluding hydrogens is 326 g/mol. The second-order valence-corrected chi connectivity index (χ2v) is 6.02. The molecule has 0 fully saturated rings. The summed E-state index contributed by atoms with van der Waals surface area (Å²) in [5, 5.41) is 21.2. The van der Waals surface area contributed by atoms with Gasteiger partial charge in [0.1, 0.15) is 11.4 Å². The van der Waals surface area contributed by atoms with Gasteiger partial charge in [0, 0.05) is 10.6 Å². The maximum absolute atomic E-state index is 13.6. The maximum atomic E-state index is 13.6. The SMILES string of the molecule is CC(O)(c1cc(F)c(Cl)cc1Cl)c1sccc1C(=O)O. The number of hydrogen-bond donors (Lipinski definition) is 2. The number of aliphatic hydroxyl groups is 1. The topological polar surface area (TPSA) is 57.5 Å². The first kappa shape index (κ1) is 15.3. The number of benzene rings is 1. The van der Waals surface area contributed by atoms with E-state index in [1.54, 1.807) is 0 Å². The van der Waals surface area contributed by atoms with Gasteiger partial charge in [-0.15, -0.1) is 11.3 Å². The Hall–Kier alpha value is -1.14. The fourth-order valence-electron chi connectivity index (χ4n) is 1.87. The normalized spacial score (nSPS) is 14.1. The number of carboxylic acid groups (broad SMARTS) is 1. The zero-order valence-electron chi connectivity index (χ0n) is 10.2. The minimum absolute atomic E-state index is 0.0496. The van der Waals surface area contributed by atoms with Crippen LogP contribution in [0.4, 0.5) is 4.39 Å². The molecule has 1 heterocycles. The van der Waals surface area contributed by atoms with E-state index >= 15 is 0 Å². The molecule has 2 aromatic rings. The Morgan fingerprint density at radius 2 is 2.00 bits per heavy atom. The van der Waals surface area contributed by atoms with Crippen LogP contribution in [0, 0.1) is 5.82 Å². The molecule has 3 nitrogen and oxygen atoms in total. The average Bonchev–Trinajstić information content (AvgIpc) is 2.83. The average molecular weight is 335 g/mol. The summed E-state index contributed by atoms with van der Waals surface area (Å²) in [6.07, 6.45) is 0. The van der Waals surface area contributed by atoms with E-state index in [9.17, 15) is 14.3 Å².